The first-order valence-corrected chi connectivity index (χ1v) is 4.78. The number of carbonyl (C=O) groups is 1. The van der Waals surface area contributed by atoms with Gasteiger partial charge in [-0.2, -0.15) is 5.26 Å². The van der Waals surface area contributed by atoms with Crippen LogP contribution in [0, 0.1) is 11.3 Å². The molecule has 2 unspecified atom stereocenters. The van der Waals surface area contributed by atoms with E-state index < -0.39 is 12.2 Å². The molecule has 0 saturated carbocycles. The normalized spacial score (nSPS) is 14.4. The summed E-state index contributed by atoms with van der Waals surface area (Å²) in [5.74, 6) is 0. The molecule has 0 aliphatic carbocycles. The number of thiophene rings is 1. The molecule has 0 radical (unpaired) electrons. The largest absolute Gasteiger partial charge is 0.389 e. The van der Waals surface area contributed by atoms with Gasteiger partial charge in [0.1, 0.15) is 6.10 Å². The van der Waals surface area contributed by atoms with Crippen LogP contribution in [-0.4, -0.2) is 22.6 Å². The quantitative estimate of drug-likeness (QED) is 0.724. The highest BCUT2D eigenvalue weighted by Crippen LogP contribution is 2.25. The monoisotopic (exact) mass is 211 g/mol. The fourth-order valence-corrected chi connectivity index (χ4v) is 1.86. The zero-order valence-electron chi connectivity index (χ0n) is 7.25. The van der Waals surface area contributed by atoms with Crippen LogP contribution in [0.25, 0.3) is 0 Å². The summed E-state index contributed by atoms with van der Waals surface area (Å²) in [5.41, 5.74) is 0. The molecule has 74 valence electrons. The Hall–Kier alpha value is -1.22. The van der Waals surface area contributed by atoms with Crippen LogP contribution in [0.15, 0.2) is 12.1 Å². The third-order valence-corrected chi connectivity index (χ3v) is 2.80. The number of aldehydes is 1. The Morgan fingerprint density at radius 1 is 1.57 bits per heavy atom. The van der Waals surface area contributed by atoms with E-state index in [-0.39, 0.29) is 6.42 Å². The molecular weight excluding hydrogens is 202 g/mol. The zero-order chi connectivity index (χ0) is 10.6. The summed E-state index contributed by atoms with van der Waals surface area (Å²) >= 11 is 1.11. The first-order chi connectivity index (χ1) is 6.69. The molecule has 2 N–H and O–H groups in total. The van der Waals surface area contributed by atoms with Crippen molar-refractivity contribution in [2.24, 2.45) is 0 Å². The number of aliphatic hydroxyl groups is 2. The van der Waals surface area contributed by atoms with Crippen molar-refractivity contribution >= 4 is 17.6 Å². The van der Waals surface area contributed by atoms with Crippen LogP contribution < -0.4 is 0 Å². The molecule has 14 heavy (non-hydrogen) atoms. The van der Waals surface area contributed by atoms with Gasteiger partial charge >= 0.3 is 0 Å². The van der Waals surface area contributed by atoms with Crippen molar-refractivity contribution in [3.63, 3.8) is 0 Å². The smallest absolute Gasteiger partial charge is 0.160 e. The van der Waals surface area contributed by atoms with Crippen molar-refractivity contribution in [2.75, 3.05) is 0 Å². The van der Waals surface area contributed by atoms with Crippen LogP contribution in [0.2, 0.25) is 0 Å². The fourth-order valence-electron chi connectivity index (χ4n) is 0.985. The van der Waals surface area contributed by atoms with Crippen molar-refractivity contribution in [2.45, 2.75) is 18.6 Å². The fraction of sp³-hybridized carbons (Fsp3) is 0.333. The van der Waals surface area contributed by atoms with E-state index in [2.05, 4.69) is 0 Å². The SMILES string of the molecule is N#CCC(O)C(O)c1ccc(C=O)s1. The first kappa shape index (κ1) is 10.9. The van der Waals surface area contributed by atoms with E-state index in [1.54, 1.807) is 18.2 Å². The molecular formula is C9H9NO3S. The average molecular weight is 211 g/mol. The van der Waals surface area contributed by atoms with Gasteiger partial charge in [-0.25, -0.2) is 0 Å². The molecule has 5 heteroatoms. The highest BCUT2D eigenvalue weighted by Gasteiger charge is 2.19. The van der Waals surface area contributed by atoms with Crippen LogP contribution >= 0.6 is 11.3 Å². The minimum atomic E-state index is -1.10. The molecule has 1 rings (SSSR count). The molecule has 0 bridgehead atoms. The predicted molar refractivity (Wildman–Crippen MR) is 50.9 cm³/mol. The van der Waals surface area contributed by atoms with Crippen LogP contribution in [-0.2, 0) is 0 Å². The molecule has 0 amide bonds. The predicted octanol–water partition coefficient (Wildman–Crippen LogP) is 0.869. The van der Waals surface area contributed by atoms with Crippen molar-refractivity contribution in [1.82, 2.24) is 0 Å². The third-order valence-electron chi connectivity index (χ3n) is 1.72. The van der Waals surface area contributed by atoms with Gasteiger partial charge in [-0.05, 0) is 12.1 Å². The lowest BCUT2D eigenvalue weighted by Gasteiger charge is -2.12. The second kappa shape index (κ2) is 4.86. The maximum atomic E-state index is 10.4. The molecule has 0 spiro atoms. The highest BCUT2D eigenvalue weighted by atomic mass is 32.1. The van der Waals surface area contributed by atoms with E-state index in [1.165, 1.54) is 0 Å². The second-order valence-electron chi connectivity index (χ2n) is 2.73. The van der Waals surface area contributed by atoms with Gasteiger partial charge in [-0.3, -0.25) is 4.79 Å². The lowest BCUT2D eigenvalue weighted by Crippen LogP contribution is -2.16. The van der Waals surface area contributed by atoms with E-state index in [9.17, 15) is 15.0 Å². The van der Waals surface area contributed by atoms with E-state index >= 15 is 0 Å². The Balaban J connectivity index is 2.73. The van der Waals surface area contributed by atoms with Gasteiger partial charge in [0.2, 0.25) is 0 Å². The number of hydrogen-bond acceptors (Lipinski definition) is 5. The summed E-state index contributed by atoms with van der Waals surface area (Å²) in [6.45, 7) is 0. The Morgan fingerprint density at radius 3 is 2.79 bits per heavy atom. The molecule has 1 aromatic rings. The Kier molecular flexibility index (Phi) is 3.77. The summed E-state index contributed by atoms with van der Waals surface area (Å²) in [4.78, 5) is 11.3. The number of hydrogen-bond donors (Lipinski definition) is 2. The molecule has 0 saturated heterocycles. The lowest BCUT2D eigenvalue weighted by molar-refractivity contribution is 0.0238. The summed E-state index contributed by atoms with van der Waals surface area (Å²) < 4.78 is 0. The van der Waals surface area contributed by atoms with Crippen LogP contribution in [0.1, 0.15) is 27.1 Å². The molecule has 2 atom stereocenters. The molecule has 0 fully saturated rings. The molecule has 1 heterocycles. The van der Waals surface area contributed by atoms with E-state index in [4.69, 9.17) is 5.26 Å². The minimum absolute atomic E-state index is 0.129. The van der Waals surface area contributed by atoms with Gasteiger partial charge in [0.25, 0.3) is 0 Å². The first-order valence-electron chi connectivity index (χ1n) is 3.97. The summed E-state index contributed by atoms with van der Waals surface area (Å²) in [6.07, 6.45) is -1.64. The van der Waals surface area contributed by atoms with Crippen LogP contribution in [0.5, 0.6) is 0 Å². The number of nitriles is 1. The highest BCUT2D eigenvalue weighted by molar-refractivity contribution is 7.13. The van der Waals surface area contributed by atoms with Crippen molar-refractivity contribution in [3.05, 3.63) is 21.9 Å². The minimum Gasteiger partial charge on any atom is -0.389 e. The van der Waals surface area contributed by atoms with E-state index in [0.29, 0.717) is 16.0 Å². The Bertz CT molecular complexity index is 355. The number of rotatable bonds is 4. The van der Waals surface area contributed by atoms with E-state index in [1.807, 2.05) is 0 Å². The Morgan fingerprint density at radius 2 is 2.29 bits per heavy atom. The van der Waals surface area contributed by atoms with Crippen molar-refractivity contribution < 1.29 is 15.0 Å². The number of aliphatic hydroxyl groups excluding tert-OH is 2. The second-order valence-corrected chi connectivity index (χ2v) is 3.88. The Labute approximate surface area is 85.0 Å². The van der Waals surface area contributed by atoms with Crippen molar-refractivity contribution in [3.8, 4) is 6.07 Å². The lowest BCUT2D eigenvalue weighted by atomic mass is 10.1. The topological polar surface area (TPSA) is 81.3 Å². The van der Waals surface area contributed by atoms with Crippen LogP contribution in [0.4, 0.5) is 0 Å². The van der Waals surface area contributed by atoms with Crippen molar-refractivity contribution in [1.29, 1.82) is 5.26 Å². The van der Waals surface area contributed by atoms with Gasteiger partial charge in [0.15, 0.2) is 6.29 Å². The van der Waals surface area contributed by atoms with Gasteiger partial charge in [-0.15, -0.1) is 11.3 Å². The molecule has 0 aliphatic heterocycles. The average Bonchev–Trinajstić information content (AvgIpc) is 2.65. The molecule has 4 nitrogen and oxygen atoms in total. The maximum absolute atomic E-state index is 10.4. The number of nitrogens with zero attached hydrogens (tertiary/aromatic N) is 1. The van der Waals surface area contributed by atoms with Gasteiger partial charge in [-0.1, -0.05) is 0 Å². The van der Waals surface area contributed by atoms with Crippen LogP contribution in [0.3, 0.4) is 0 Å². The van der Waals surface area contributed by atoms with Gasteiger partial charge < -0.3 is 10.2 Å². The molecule has 1 aromatic heterocycles. The van der Waals surface area contributed by atoms with E-state index in [0.717, 1.165) is 11.3 Å². The van der Waals surface area contributed by atoms with Gasteiger partial charge in [0, 0.05) is 4.88 Å². The third kappa shape index (κ3) is 2.39. The zero-order valence-corrected chi connectivity index (χ0v) is 8.07. The number of carbonyl (C=O) groups excluding carboxylic acids is 1. The molecule has 0 aliphatic rings. The summed E-state index contributed by atoms with van der Waals surface area (Å²) in [7, 11) is 0. The maximum Gasteiger partial charge on any atom is 0.160 e. The standard InChI is InChI=1S/C9H9NO3S/c10-4-3-7(12)9(13)8-2-1-6(5-11)14-8/h1-2,5,7,9,12-13H,3H2. The summed E-state index contributed by atoms with van der Waals surface area (Å²) in [6, 6.07) is 4.90. The molecule has 0 aromatic carbocycles. The summed E-state index contributed by atoms with van der Waals surface area (Å²) in [5, 5.41) is 27.1. The van der Waals surface area contributed by atoms with Gasteiger partial charge in [0.05, 0.1) is 23.5 Å².